The molecular formula is C16H17NO4S. The quantitative estimate of drug-likeness (QED) is 0.830. The molecule has 1 aromatic carbocycles. The van der Waals surface area contributed by atoms with Crippen LogP contribution in [0.2, 0.25) is 0 Å². The number of anilines is 1. The Labute approximate surface area is 132 Å². The maximum Gasteiger partial charge on any atom is 0.339 e. The number of ether oxygens (including phenoxy) is 2. The number of amides is 1. The van der Waals surface area contributed by atoms with Crippen LogP contribution in [0.4, 0.5) is 5.69 Å². The van der Waals surface area contributed by atoms with Crippen LogP contribution in [-0.2, 0) is 9.53 Å². The minimum Gasteiger partial charge on any atom is -0.494 e. The highest BCUT2D eigenvalue weighted by Gasteiger charge is 2.19. The van der Waals surface area contributed by atoms with E-state index in [0.29, 0.717) is 17.9 Å². The van der Waals surface area contributed by atoms with Gasteiger partial charge in [0, 0.05) is 11.1 Å². The normalized spacial score (nSPS) is 11.5. The SMILES string of the molecule is CCOc1ccc(NC(=O)[C@H](C)OC(=O)c2ccsc2)cc1. The number of carbonyl (C=O) groups excluding carboxylic acids is 2. The van der Waals surface area contributed by atoms with E-state index in [1.165, 1.54) is 18.3 Å². The molecule has 0 radical (unpaired) electrons. The van der Waals surface area contributed by atoms with Gasteiger partial charge in [-0.2, -0.15) is 11.3 Å². The van der Waals surface area contributed by atoms with E-state index in [1.54, 1.807) is 41.1 Å². The number of benzene rings is 1. The summed E-state index contributed by atoms with van der Waals surface area (Å²) < 4.78 is 10.4. The summed E-state index contributed by atoms with van der Waals surface area (Å²) in [6.07, 6.45) is -0.876. The van der Waals surface area contributed by atoms with Gasteiger partial charge in [-0.1, -0.05) is 0 Å². The lowest BCUT2D eigenvalue weighted by molar-refractivity contribution is -0.123. The predicted molar refractivity (Wildman–Crippen MR) is 85.4 cm³/mol. The lowest BCUT2D eigenvalue weighted by Crippen LogP contribution is -2.29. The van der Waals surface area contributed by atoms with Gasteiger partial charge in [0.05, 0.1) is 12.2 Å². The van der Waals surface area contributed by atoms with Crippen molar-refractivity contribution in [1.29, 1.82) is 0 Å². The first-order valence-corrected chi connectivity index (χ1v) is 7.81. The molecule has 6 heteroatoms. The van der Waals surface area contributed by atoms with Crippen LogP contribution in [0.1, 0.15) is 24.2 Å². The Morgan fingerprint density at radius 1 is 1.23 bits per heavy atom. The first-order valence-electron chi connectivity index (χ1n) is 6.87. The van der Waals surface area contributed by atoms with Gasteiger partial charge in [-0.25, -0.2) is 4.79 Å². The first kappa shape index (κ1) is 16.0. The van der Waals surface area contributed by atoms with Crippen molar-refractivity contribution in [3.8, 4) is 5.75 Å². The van der Waals surface area contributed by atoms with Crippen LogP contribution >= 0.6 is 11.3 Å². The van der Waals surface area contributed by atoms with Crippen LogP contribution in [0.3, 0.4) is 0 Å². The summed E-state index contributed by atoms with van der Waals surface area (Å²) in [4.78, 5) is 23.8. The summed E-state index contributed by atoms with van der Waals surface area (Å²) in [5, 5.41) is 6.15. The highest BCUT2D eigenvalue weighted by atomic mass is 32.1. The number of thiophene rings is 1. The third-order valence-electron chi connectivity index (χ3n) is 2.84. The molecule has 1 heterocycles. The highest BCUT2D eigenvalue weighted by molar-refractivity contribution is 7.08. The molecule has 0 aliphatic rings. The van der Waals surface area contributed by atoms with E-state index in [1.807, 2.05) is 6.92 Å². The Kier molecular flexibility index (Phi) is 5.55. The van der Waals surface area contributed by atoms with Gasteiger partial charge in [-0.3, -0.25) is 4.79 Å². The molecule has 116 valence electrons. The molecule has 22 heavy (non-hydrogen) atoms. The number of carbonyl (C=O) groups is 2. The molecular weight excluding hydrogens is 302 g/mol. The Hall–Kier alpha value is -2.34. The zero-order chi connectivity index (χ0) is 15.9. The van der Waals surface area contributed by atoms with Gasteiger partial charge in [-0.15, -0.1) is 0 Å². The number of hydrogen-bond acceptors (Lipinski definition) is 5. The van der Waals surface area contributed by atoms with Gasteiger partial charge in [0.15, 0.2) is 6.10 Å². The summed E-state index contributed by atoms with van der Waals surface area (Å²) >= 11 is 1.40. The van der Waals surface area contributed by atoms with Gasteiger partial charge >= 0.3 is 5.97 Å². The molecule has 5 nitrogen and oxygen atoms in total. The third kappa shape index (κ3) is 4.33. The van der Waals surface area contributed by atoms with E-state index in [4.69, 9.17) is 9.47 Å². The molecule has 0 aliphatic carbocycles. The van der Waals surface area contributed by atoms with Gasteiger partial charge in [0.1, 0.15) is 5.75 Å². The maximum absolute atomic E-state index is 12.0. The molecule has 1 N–H and O–H groups in total. The summed E-state index contributed by atoms with van der Waals surface area (Å²) in [5.74, 6) is -0.152. The van der Waals surface area contributed by atoms with E-state index >= 15 is 0 Å². The standard InChI is InChI=1S/C16H17NO4S/c1-3-20-14-6-4-13(5-7-14)17-15(18)11(2)21-16(19)12-8-9-22-10-12/h4-11H,3H2,1-2H3,(H,17,18)/t11-/m0/s1. The second kappa shape index (κ2) is 7.61. The van der Waals surface area contributed by atoms with Crippen molar-refractivity contribution in [2.24, 2.45) is 0 Å². The fourth-order valence-corrected chi connectivity index (χ4v) is 2.33. The first-order chi connectivity index (χ1) is 10.6. The van der Waals surface area contributed by atoms with Crippen LogP contribution in [0.5, 0.6) is 5.75 Å². The van der Waals surface area contributed by atoms with Crippen molar-refractivity contribution in [2.45, 2.75) is 20.0 Å². The van der Waals surface area contributed by atoms with Crippen LogP contribution in [0, 0.1) is 0 Å². The zero-order valence-electron chi connectivity index (χ0n) is 12.4. The van der Waals surface area contributed by atoms with Crippen molar-refractivity contribution in [1.82, 2.24) is 0 Å². The number of hydrogen-bond donors (Lipinski definition) is 1. The Balaban J connectivity index is 1.89. The van der Waals surface area contributed by atoms with Gasteiger partial charge < -0.3 is 14.8 Å². The highest BCUT2D eigenvalue weighted by Crippen LogP contribution is 2.16. The Morgan fingerprint density at radius 3 is 2.55 bits per heavy atom. The van der Waals surface area contributed by atoms with Crippen molar-refractivity contribution >= 4 is 28.9 Å². The van der Waals surface area contributed by atoms with Crippen molar-refractivity contribution < 1.29 is 19.1 Å². The second-order valence-electron chi connectivity index (χ2n) is 4.51. The largest absolute Gasteiger partial charge is 0.494 e. The predicted octanol–water partition coefficient (Wildman–Crippen LogP) is 3.33. The third-order valence-corrected chi connectivity index (χ3v) is 3.53. The summed E-state index contributed by atoms with van der Waals surface area (Å²) in [5.41, 5.74) is 1.07. The molecule has 2 rings (SSSR count). The lowest BCUT2D eigenvalue weighted by atomic mass is 10.2. The molecule has 2 aromatic rings. The smallest absolute Gasteiger partial charge is 0.339 e. The molecule has 1 atom stereocenters. The molecule has 0 unspecified atom stereocenters. The molecule has 0 bridgehead atoms. The van der Waals surface area contributed by atoms with Crippen LogP contribution in [0.15, 0.2) is 41.1 Å². The molecule has 0 saturated carbocycles. The van der Waals surface area contributed by atoms with E-state index in [2.05, 4.69) is 5.32 Å². The maximum atomic E-state index is 12.0. The molecule has 0 spiro atoms. The van der Waals surface area contributed by atoms with Gasteiger partial charge in [0.25, 0.3) is 5.91 Å². The summed E-state index contributed by atoms with van der Waals surface area (Å²) in [6.45, 7) is 4.02. The molecule has 0 aliphatic heterocycles. The van der Waals surface area contributed by atoms with Crippen molar-refractivity contribution in [3.05, 3.63) is 46.7 Å². The van der Waals surface area contributed by atoms with Crippen LogP contribution in [-0.4, -0.2) is 24.6 Å². The fourth-order valence-electron chi connectivity index (χ4n) is 1.71. The molecule has 1 aromatic heterocycles. The van der Waals surface area contributed by atoms with Crippen molar-refractivity contribution in [3.63, 3.8) is 0 Å². The van der Waals surface area contributed by atoms with Gasteiger partial charge in [-0.05, 0) is 49.6 Å². The molecule has 1 amide bonds. The monoisotopic (exact) mass is 319 g/mol. The Morgan fingerprint density at radius 2 is 1.95 bits per heavy atom. The van der Waals surface area contributed by atoms with E-state index in [-0.39, 0.29) is 5.91 Å². The topological polar surface area (TPSA) is 64.6 Å². The van der Waals surface area contributed by atoms with E-state index < -0.39 is 12.1 Å². The number of rotatable bonds is 6. The number of nitrogens with one attached hydrogen (secondary N) is 1. The summed E-state index contributed by atoms with van der Waals surface area (Å²) in [6, 6.07) is 8.65. The summed E-state index contributed by atoms with van der Waals surface area (Å²) in [7, 11) is 0. The minimum absolute atomic E-state index is 0.382. The van der Waals surface area contributed by atoms with Gasteiger partial charge in [0.2, 0.25) is 0 Å². The average molecular weight is 319 g/mol. The number of esters is 1. The minimum atomic E-state index is -0.876. The van der Waals surface area contributed by atoms with E-state index in [0.717, 1.165) is 5.75 Å². The van der Waals surface area contributed by atoms with Crippen molar-refractivity contribution in [2.75, 3.05) is 11.9 Å². The molecule has 0 saturated heterocycles. The van der Waals surface area contributed by atoms with Crippen LogP contribution < -0.4 is 10.1 Å². The lowest BCUT2D eigenvalue weighted by Gasteiger charge is -2.13. The zero-order valence-corrected chi connectivity index (χ0v) is 13.2. The average Bonchev–Trinajstić information content (AvgIpc) is 3.04. The second-order valence-corrected chi connectivity index (χ2v) is 5.29. The Bertz CT molecular complexity index is 622. The molecule has 0 fully saturated rings. The van der Waals surface area contributed by atoms with Crippen LogP contribution in [0.25, 0.3) is 0 Å². The fraction of sp³-hybridized carbons (Fsp3) is 0.250. The van der Waals surface area contributed by atoms with E-state index in [9.17, 15) is 9.59 Å².